The Hall–Kier alpha value is -1.54. The molecular formula is C17H21Cl3N4O3. The van der Waals surface area contributed by atoms with Crippen LogP contribution in [-0.4, -0.2) is 36.5 Å². The third kappa shape index (κ3) is 5.25. The van der Waals surface area contributed by atoms with Crippen LogP contribution in [0.1, 0.15) is 25.7 Å². The first-order valence-corrected chi connectivity index (χ1v) is 9.24. The number of rotatable bonds is 7. The van der Waals surface area contributed by atoms with Gasteiger partial charge in [0.15, 0.2) is 0 Å². The molecule has 0 aromatic heterocycles. The second kappa shape index (κ2) is 9.10. The maximum atomic E-state index is 12.5. The van der Waals surface area contributed by atoms with Gasteiger partial charge in [0, 0.05) is 19.0 Å². The van der Waals surface area contributed by atoms with Crippen molar-refractivity contribution in [1.82, 2.24) is 10.6 Å². The SMILES string of the molecule is Cl.NC(CNC(=O)CCC1NC(=O)N(c2ccc(Cl)c(Cl)c2)C1=O)C1CC1. The number of amides is 4. The van der Waals surface area contributed by atoms with Crippen molar-refractivity contribution in [2.45, 2.75) is 37.8 Å². The lowest BCUT2D eigenvalue weighted by Gasteiger charge is -2.14. The van der Waals surface area contributed by atoms with Crippen LogP contribution in [0.5, 0.6) is 0 Å². The third-order valence-electron chi connectivity index (χ3n) is 4.60. The lowest BCUT2D eigenvalue weighted by Crippen LogP contribution is -2.39. The summed E-state index contributed by atoms with van der Waals surface area (Å²) >= 11 is 11.8. The van der Waals surface area contributed by atoms with Crippen molar-refractivity contribution in [3.8, 4) is 0 Å². The van der Waals surface area contributed by atoms with E-state index in [4.69, 9.17) is 28.9 Å². The molecule has 0 bridgehead atoms. The van der Waals surface area contributed by atoms with Gasteiger partial charge in [0.25, 0.3) is 5.91 Å². The van der Waals surface area contributed by atoms with Crippen molar-refractivity contribution in [3.05, 3.63) is 28.2 Å². The molecule has 4 N–H and O–H groups in total. The Bertz CT molecular complexity index is 742. The van der Waals surface area contributed by atoms with Crippen LogP contribution in [0.3, 0.4) is 0 Å². The van der Waals surface area contributed by atoms with Gasteiger partial charge in [0.1, 0.15) is 6.04 Å². The van der Waals surface area contributed by atoms with E-state index in [1.165, 1.54) is 12.1 Å². The first-order valence-electron chi connectivity index (χ1n) is 8.48. The van der Waals surface area contributed by atoms with Crippen molar-refractivity contribution in [1.29, 1.82) is 0 Å². The van der Waals surface area contributed by atoms with Gasteiger partial charge in [0.2, 0.25) is 5.91 Å². The highest BCUT2D eigenvalue weighted by atomic mass is 35.5. The van der Waals surface area contributed by atoms with Crippen molar-refractivity contribution in [2.75, 3.05) is 11.4 Å². The van der Waals surface area contributed by atoms with E-state index >= 15 is 0 Å². The molecule has 1 aliphatic carbocycles. The fourth-order valence-electron chi connectivity index (χ4n) is 2.88. The van der Waals surface area contributed by atoms with E-state index in [0.717, 1.165) is 17.7 Å². The monoisotopic (exact) mass is 434 g/mol. The number of anilines is 1. The Kier molecular flexibility index (Phi) is 7.33. The van der Waals surface area contributed by atoms with Gasteiger partial charge in [-0.3, -0.25) is 9.59 Å². The molecule has 2 aliphatic rings. The van der Waals surface area contributed by atoms with E-state index in [1.54, 1.807) is 6.07 Å². The van der Waals surface area contributed by atoms with Gasteiger partial charge >= 0.3 is 6.03 Å². The molecule has 1 saturated heterocycles. The maximum Gasteiger partial charge on any atom is 0.329 e. The van der Waals surface area contributed by atoms with Gasteiger partial charge in [-0.15, -0.1) is 12.4 Å². The topological polar surface area (TPSA) is 105 Å². The number of nitrogens with zero attached hydrogens (tertiary/aromatic N) is 1. The lowest BCUT2D eigenvalue weighted by atomic mass is 10.1. The minimum absolute atomic E-state index is 0. The normalized spacial score (nSPS) is 20.1. The van der Waals surface area contributed by atoms with Crippen molar-refractivity contribution in [3.63, 3.8) is 0 Å². The second-order valence-corrected chi connectivity index (χ2v) is 7.43. The predicted octanol–water partition coefficient (Wildman–Crippen LogP) is 2.47. The van der Waals surface area contributed by atoms with Gasteiger partial charge < -0.3 is 16.4 Å². The highest BCUT2D eigenvalue weighted by Gasteiger charge is 2.39. The molecule has 1 aromatic rings. The Balaban J connectivity index is 0.00000261. The smallest absolute Gasteiger partial charge is 0.329 e. The standard InChI is InChI=1S/C17H20Cl2N4O3.ClH/c18-11-4-3-10(7-12(11)19)23-16(25)14(22-17(23)26)5-6-15(24)21-8-13(20)9-1-2-9;/h3-4,7,9,13-14H,1-2,5-6,8,20H2,(H,21,24)(H,22,26);1H. The summed E-state index contributed by atoms with van der Waals surface area (Å²) in [7, 11) is 0. The minimum atomic E-state index is -0.750. The fraction of sp³-hybridized carbons (Fsp3) is 0.471. The lowest BCUT2D eigenvalue weighted by molar-refractivity contribution is -0.121. The molecule has 4 amide bonds. The van der Waals surface area contributed by atoms with Crippen LogP contribution in [-0.2, 0) is 9.59 Å². The zero-order chi connectivity index (χ0) is 18.8. The first-order chi connectivity index (χ1) is 12.4. The summed E-state index contributed by atoms with van der Waals surface area (Å²) in [6.07, 6.45) is 2.57. The number of hydrogen-bond donors (Lipinski definition) is 3. The van der Waals surface area contributed by atoms with Crippen LogP contribution in [0, 0.1) is 5.92 Å². The average molecular weight is 436 g/mol. The van der Waals surface area contributed by atoms with Gasteiger partial charge in [-0.05, 0) is 43.4 Å². The summed E-state index contributed by atoms with van der Waals surface area (Å²) in [6, 6.07) is 3.20. The van der Waals surface area contributed by atoms with Crippen molar-refractivity contribution >= 4 is 59.1 Å². The van der Waals surface area contributed by atoms with Crippen LogP contribution in [0.25, 0.3) is 0 Å². The summed E-state index contributed by atoms with van der Waals surface area (Å²) < 4.78 is 0. The number of halogens is 3. The van der Waals surface area contributed by atoms with Crippen LogP contribution in [0.2, 0.25) is 10.0 Å². The Labute approximate surface area is 173 Å². The highest BCUT2D eigenvalue weighted by Crippen LogP contribution is 2.31. The van der Waals surface area contributed by atoms with Crippen molar-refractivity contribution in [2.24, 2.45) is 11.7 Å². The van der Waals surface area contributed by atoms with Crippen LogP contribution in [0.4, 0.5) is 10.5 Å². The van der Waals surface area contributed by atoms with E-state index in [-0.39, 0.29) is 42.2 Å². The molecule has 3 rings (SSSR count). The van der Waals surface area contributed by atoms with E-state index in [9.17, 15) is 14.4 Å². The number of carbonyl (C=O) groups excluding carboxylic acids is 3. The molecule has 148 valence electrons. The summed E-state index contributed by atoms with van der Waals surface area (Å²) in [6.45, 7) is 0.434. The summed E-state index contributed by atoms with van der Waals surface area (Å²) in [5.74, 6) is -0.0993. The molecule has 1 aromatic carbocycles. The molecule has 2 unspecified atom stereocenters. The molecule has 0 radical (unpaired) electrons. The van der Waals surface area contributed by atoms with E-state index < -0.39 is 18.0 Å². The number of imide groups is 1. The van der Waals surface area contributed by atoms with E-state index in [0.29, 0.717) is 23.2 Å². The molecule has 1 saturated carbocycles. The fourth-order valence-corrected chi connectivity index (χ4v) is 3.17. The largest absolute Gasteiger partial charge is 0.355 e. The zero-order valence-electron chi connectivity index (χ0n) is 14.4. The molecule has 2 fully saturated rings. The molecule has 27 heavy (non-hydrogen) atoms. The van der Waals surface area contributed by atoms with Crippen LogP contribution < -0.4 is 21.3 Å². The van der Waals surface area contributed by atoms with Crippen molar-refractivity contribution < 1.29 is 14.4 Å². The van der Waals surface area contributed by atoms with E-state index in [2.05, 4.69) is 10.6 Å². The molecule has 10 heteroatoms. The molecule has 1 heterocycles. The van der Waals surface area contributed by atoms with Gasteiger partial charge in [-0.25, -0.2) is 9.69 Å². The van der Waals surface area contributed by atoms with Gasteiger partial charge in [-0.2, -0.15) is 0 Å². The number of urea groups is 1. The number of hydrogen-bond acceptors (Lipinski definition) is 4. The Morgan fingerprint density at radius 1 is 1.30 bits per heavy atom. The van der Waals surface area contributed by atoms with Crippen LogP contribution in [0.15, 0.2) is 18.2 Å². The number of nitrogens with two attached hydrogens (primary N) is 1. The quantitative estimate of drug-likeness (QED) is 0.572. The maximum absolute atomic E-state index is 12.5. The minimum Gasteiger partial charge on any atom is -0.355 e. The van der Waals surface area contributed by atoms with Gasteiger partial charge in [0.05, 0.1) is 15.7 Å². The average Bonchev–Trinajstić information content (AvgIpc) is 3.40. The Morgan fingerprint density at radius 3 is 2.63 bits per heavy atom. The second-order valence-electron chi connectivity index (χ2n) is 6.62. The summed E-state index contributed by atoms with van der Waals surface area (Å²) in [5, 5.41) is 5.95. The molecule has 2 atom stereocenters. The molecule has 0 spiro atoms. The van der Waals surface area contributed by atoms with Crippen LogP contribution >= 0.6 is 35.6 Å². The molecular weight excluding hydrogens is 415 g/mol. The number of benzene rings is 1. The number of carbonyl (C=O) groups is 3. The summed E-state index contributed by atoms with van der Waals surface area (Å²) in [5.41, 5.74) is 6.28. The highest BCUT2D eigenvalue weighted by molar-refractivity contribution is 6.42. The third-order valence-corrected chi connectivity index (χ3v) is 5.34. The molecule has 1 aliphatic heterocycles. The van der Waals surface area contributed by atoms with Gasteiger partial charge in [-0.1, -0.05) is 23.2 Å². The Morgan fingerprint density at radius 2 is 2.00 bits per heavy atom. The number of nitrogens with one attached hydrogen (secondary N) is 2. The molecule has 7 nitrogen and oxygen atoms in total. The van der Waals surface area contributed by atoms with E-state index in [1.807, 2.05) is 0 Å². The first kappa shape index (κ1) is 21.8. The zero-order valence-corrected chi connectivity index (χ0v) is 16.7. The predicted molar refractivity (Wildman–Crippen MR) is 106 cm³/mol. The summed E-state index contributed by atoms with van der Waals surface area (Å²) in [4.78, 5) is 37.6.